The van der Waals surface area contributed by atoms with Gasteiger partial charge in [0, 0.05) is 19.6 Å². The van der Waals surface area contributed by atoms with Gasteiger partial charge in [-0.05, 0) is 31.6 Å². The lowest BCUT2D eigenvalue weighted by molar-refractivity contribution is 0.357. The van der Waals surface area contributed by atoms with Gasteiger partial charge in [-0.15, -0.1) is 0 Å². The van der Waals surface area contributed by atoms with Gasteiger partial charge in [0.15, 0.2) is 0 Å². The van der Waals surface area contributed by atoms with Crippen molar-refractivity contribution in [3.8, 4) is 5.88 Å². The quantitative estimate of drug-likeness (QED) is 0.893. The highest BCUT2D eigenvalue weighted by molar-refractivity contribution is 5.30. The van der Waals surface area contributed by atoms with Gasteiger partial charge in [-0.2, -0.15) is 5.10 Å². The summed E-state index contributed by atoms with van der Waals surface area (Å²) in [6.07, 6.45) is 3.84. The molecule has 1 unspecified atom stereocenters. The van der Waals surface area contributed by atoms with Crippen LogP contribution in [0.4, 0.5) is 0 Å². The van der Waals surface area contributed by atoms with E-state index < -0.39 is 0 Å². The van der Waals surface area contributed by atoms with E-state index in [1.807, 2.05) is 18.7 Å². The Morgan fingerprint density at radius 3 is 2.78 bits per heavy atom. The van der Waals surface area contributed by atoms with Gasteiger partial charge >= 0.3 is 0 Å². The summed E-state index contributed by atoms with van der Waals surface area (Å²) in [5, 5.41) is 8.06. The third kappa shape index (κ3) is 2.69. The molecule has 1 heterocycles. The maximum atomic E-state index is 5.41. The molecule has 0 aliphatic heterocycles. The van der Waals surface area contributed by atoms with Gasteiger partial charge in [-0.25, -0.2) is 4.68 Å². The summed E-state index contributed by atoms with van der Waals surface area (Å²) in [5.74, 6) is 0.872. The van der Waals surface area contributed by atoms with Crippen LogP contribution in [0.3, 0.4) is 0 Å². The second-order valence-corrected chi connectivity index (χ2v) is 6.18. The average Bonchev–Trinajstić information content (AvgIpc) is 2.75. The first kappa shape index (κ1) is 13.4. The van der Waals surface area contributed by atoms with Gasteiger partial charge in [0.25, 0.3) is 0 Å². The van der Waals surface area contributed by atoms with Gasteiger partial charge in [-0.1, -0.05) is 13.8 Å². The Hall–Kier alpha value is -1.03. The van der Waals surface area contributed by atoms with Crippen molar-refractivity contribution < 1.29 is 4.74 Å². The predicted molar refractivity (Wildman–Crippen MR) is 72.8 cm³/mol. The minimum absolute atomic E-state index is 0.492. The predicted octanol–water partition coefficient (Wildman–Crippen LogP) is 2.41. The van der Waals surface area contributed by atoms with Crippen molar-refractivity contribution >= 4 is 0 Å². The smallest absolute Gasteiger partial charge is 0.216 e. The molecule has 1 aromatic heterocycles. The zero-order valence-corrected chi connectivity index (χ0v) is 12.2. The van der Waals surface area contributed by atoms with Crippen molar-refractivity contribution in [2.45, 2.75) is 52.6 Å². The fourth-order valence-electron chi connectivity index (χ4n) is 3.00. The summed E-state index contributed by atoms with van der Waals surface area (Å²) >= 11 is 0. The summed E-state index contributed by atoms with van der Waals surface area (Å²) in [4.78, 5) is 0. The van der Waals surface area contributed by atoms with E-state index in [4.69, 9.17) is 4.74 Å². The van der Waals surface area contributed by atoms with E-state index in [1.165, 1.54) is 24.8 Å². The Morgan fingerprint density at radius 1 is 1.50 bits per heavy atom. The molecule has 2 rings (SSSR count). The molecular weight excluding hydrogens is 226 g/mol. The number of rotatable bonds is 4. The van der Waals surface area contributed by atoms with E-state index in [0.29, 0.717) is 11.5 Å². The Labute approximate surface area is 110 Å². The Bertz CT molecular complexity index is 423. The number of ether oxygens (including phenoxy) is 1. The summed E-state index contributed by atoms with van der Waals surface area (Å²) in [5.41, 5.74) is 2.73. The van der Waals surface area contributed by atoms with Crippen LogP contribution in [0, 0.1) is 12.3 Å². The first-order chi connectivity index (χ1) is 8.43. The van der Waals surface area contributed by atoms with Crippen LogP contribution in [0.2, 0.25) is 0 Å². The zero-order valence-electron chi connectivity index (χ0n) is 12.2. The molecule has 1 fully saturated rings. The van der Waals surface area contributed by atoms with Crippen molar-refractivity contribution in [2.75, 3.05) is 7.11 Å². The summed E-state index contributed by atoms with van der Waals surface area (Å²) < 4.78 is 7.22. The standard InChI is InChI=1S/C14H25N3O/c1-10-12(13(18-5)17(4)16-10)9-15-11-6-7-14(2,3)8-11/h11,15H,6-9H2,1-5H3. The van der Waals surface area contributed by atoms with Crippen LogP contribution in [0.1, 0.15) is 44.4 Å². The van der Waals surface area contributed by atoms with E-state index in [2.05, 4.69) is 24.3 Å². The van der Waals surface area contributed by atoms with Crippen molar-refractivity contribution in [3.05, 3.63) is 11.3 Å². The molecule has 4 nitrogen and oxygen atoms in total. The topological polar surface area (TPSA) is 39.1 Å². The van der Waals surface area contributed by atoms with Crippen molar-refractivity contribution in [1.82, 2.24) is 15.1 Å². The number of hydrogen-bond donors (Lipinski definition) is 1. The molecule has 18 heavy (non-hydrogen) atoms. The summed E-state index contributed by atoms with van der Waals surface area (Å²) in [7, 11) is 3.63. The summed E-state index contributed by atoms with van der Waals surface area (Å²) in [6.45, 7) is 7.59. The molecule has 102 valence electrons. The minimum atomic E-state index is 0.492. The van der Waals surface area contributed by atoms with Crippen LogP contribution >= 0.6 is 0 Å². The van der Waals surface area contributed by atoms with E-state index in [1.54, 1.807) is 7.11 Å². The normalized spacial score (nSPS) is 22.4. The van der Waals surface area contributed by atoms with Gasteiger partial charge in [0.2, 0.25) is 5.88 Å². The minimum Gasteiger partial charge on any atom is -0.481 e. The zero-order chi connectivity index (χ0) is 13.3. The molecule has 1 saturated carbocycles. The molecule has 1 aliphatic rings. The highest BCUT2D eigenvalue weighted by atomic mass is 16.5. The Morgan fingerprint density at radius 2 is 2.22 bits per heavy atom. The number of aromatic nitrogens is 2. The highest BCUT2D eigenvalue weighted by Crippen LogP contribution is 2.37. The van der Waals surface area contributed by atoms with Gasteiger partial charge < -0.3 is 10.1 Å². The van der Waals surface area contributed by atoms with Crippen molar-refractivity contribution in [3.63, 3.8) is 0 Å². The lowest BCUT2D eigenvalue weighted by atomic mass is 9.92. The largest absolute Gasteiger partial charge is 0.481 e. The van der Waals surface area contributed by atoms with Crippen LogP contribution in [-0.2, 0) is 13.6 Å². The molecule has 0 saturated heterocycles. The molecule has 0 aromatic carbocycles. The number of nitrogens with one attached hydrogen (secondary N) is 1. The van der Waals surface area contributed by atoms with E-state index in [0.717, 1.165) is 18.1 Å². The number of nitrogens with zero attached hydrogens (tertiary/aromatic N) is 2. The van der Waals surface area contributed by atoms with Crippen LogP contribution in [0.5, 0.6) is 5.88 Å². The number of hydrogen-bond acceptors (Lipinski definition) is 3. The molecule has 1 N–H and O–H groups in total. The van der Waals surface area contributed by atoms with Gasteiger partial charge in [0.05, 0.1) is 18.4 Å². The maximum Gasteiger partial charge on any atom is 0.216 e. The Kier molecular flexibility index (Phi) is 3.66. The monoisotopic (exact) mass is 251 g/mol. The SMILES string of the molecule is COc1c(CNC2CCC(C)(C)C2)c(C)nn1C. The number of methoxy groups -OCH3 is 1. The molecule has 4 heteroatoms. The van der Waals surface area contributed by atoms with Crippen LogP contribution in [0.25, 0.3) is 0 Å². The third-order valence-electron chi connectivity index (χ3n) is 4.02. The average molecular weight is 251 g/mol. The van der Waals surface area contributed by atoms with E-state index in [9.17, 15) is 0 Å². The summed E-state index contributed by atoms with van der Waals surface area (Å²) in [6, 6.07) is 0.629. The second kappa shape index (κ2) is 4.92. The molecule has 1 atom stereocenters. The van der Waals surface area contributed by atoms with E-state index in [-0.39, 0.29) is 0 Å². The highest BCUT2D eigenvalue weighted by Gasteiger charge is 2.30. The van der Waals surface area contributed by atoms with Gasteiger partial charge in [-0.3, -0.25) is 0 Å². The molecule has 1 aromatic rings. The van der Waals surface area contributed by atoms with Crippen LogP contribution in [0.15, 0.2) is 0 Å². The van der Waals surface area contributed by atoms with Crippen LogP contribution < -0.4 is 10.1 Å². The first-order valence-corrected chi connectivity index (χ1v) is 6.73. The second-order valence-electron chi connectivity index (χ2n) is 6.18. The van der Waals surface area contributed by atoms with Gasteiger partial charge in [0.1, 0.15) is 0 Å². The lowest BCUT2D eigenvalue weighted by Gasteiger charge is -2.18. The molecule has 1 aliphatic carbocycles. The lowest BCUT2D eigenvalue weighted by Crippen LogP contribution is -2.27. The van der Waals surface area contributed by atoms with Crippen LogP contribution in [-0.4, -0.2) is 22.9 Å². The Balaban J connectivity index is 1.99. The molecule has 0 bridgehead atoms. The van der Waals surface area contributed by atoms with Crippen molar-refractivity contribution in [2.24, 2.45) is 12.5 Å². The third-order valence-corrected chi connectivity index (χ3v) is 4.02. The van der Waals surface area contributed by atoms with Crippen molar-refractivity contribution in [1.29, 1.82) is 0 Å². The molecular formula is C14H25N3O. The van der Waals surface area contributed by atoms with E-state index >= 15 is 0 Å². The number of aryl methyl sites for hydroxylation is 2. The fourth-order valence-corrected chi connectivity index (χ4v) is 3.00. The molecule has 0 amide bonds. The molecule has 0 spiro atoms. The first-order valence-electron chi connectivity index (χ1n) is 6.73. The fraction of sp³-hybridized carbons (Fsp3) is 0.786. The maximum absolute atomic E-state index is 5.41. The molecule has 0 radical (unpaired) electrons.